The highest BCUT2D eigenvalue weighted by Gasteiger charge is 2.13. The van der Waals surface area contributed by atoms with Crippen LogP contribution in [0.2, 0.25) is 0 Å². The second kappa shape index (κ2) is 6.29. The van der Waals surface area contributed by atoms with E-state index in [9.17, 15) is 0 Å². The Labute approximate surface area is 166 Å². The van der Waals surface area contributed by atoms with E-state index in [1.54, 1.807) is 0 Å². The molecular formula is C24H16IN. The first-order chi connectivity index (χ1) is 12.8. The number of benzene rings is 4. The Balaban J connectivity index is 1.76. The summed E-state index contributed by atoms with van der Waals surface area (Å²) in [4.78, 5) is 0. The molecule has 124 valence electrons. The molecule has 1 nitrogen and oxygen atoms in total. The van der Waals surface area contributed by atoms with Crippen molar-refractivity contribution in [3.8, 4) is 16.8 Å². The quantitative estimate of drug-likeness (QED) is 0.257. The molecule has 0 aliphatic carbocycles. The third kappa shape index (κ3) is 2.44. The van der Waals surface area contributed by atoms with Gasteiger partial charge in [0, 0.05) is 20.0 Å². The van der Waals surface area contributed by atoms with Gasteiger partial charge in [0.25, 0.3) is 0 Å². The zero-order valence-corrected chi connectivity index (χ0v) is 16.2. The highest BCUT2D eigenvalue weighted by atomic mass is 127. The lowest BCUT2D eigenvalue weighted by Crippen LogP contribution is -1.95. The van der Waals surface area contributed by atoms with Crippen molar-refractivity contribution in [3.05, 3.63) is 101 Å². The number of halogens is 1. The van der Waals surface area contributed by atoms with Crippen molar-refractivity contribution >= 4 is 44.4 Å². The minimum absolute atomic E-state index is 1.19. The summed E-state index contributed by atoms with van der Waals surface area (Å²) < 4.78 is 3.64. The smallest absolute Gasteiger partial charge is 0.0674 e. The van der Waals surface area contributed by atoms with Crippen LogP contribution in [0.1, 0.15) is 0 Å². The predicted molar refractivity (Wildman–Crippen MR) is 119 cm³/mol. The fraction of sp³-hybridized carbons (Fsp3) is 0. The van der Waals surface area contributed by atoms with E-state index < -0.39 is 0 Å². The molecule has 0 N–H and O–H groups in total. The number of hydrogen-bond donors (Lipinski definition) is 0. The number of para-hydroxylation sites is 2. The Morgan fingerprint density at radius 3 is 2.00 bits per heavy atom. The Kier molecular flexibility index (Phi) is 3.79. The van der Waals surface area contributed by atoms with E-state index in [1.807, 2.05) is 0 Å². The number of nitrogens with zero attached hydrogens (tertiary/aromatic N) is 1. The van der Waals surface area contributed by atoms with E-state index in [2.05, 4.69) is 124 Å². The first kappa shape index (κ1) is 15.6. The molecule has 5 rings (SSSR count). The van der Waals surface area contributed by atoms with Crippen LogP contribution in [0.15, 0.2) is 97.1 Å². The summed E-state index contributed by atoms with van der Waals surface area (Å²) >= 11 is 2.44. The average molecular weight is 445 g/mol. The summed E-state index contributed by atoms with van der Waals surface area (Å²) in [5, 5.41) is 2.60. The third-order valence-electron chi connectivity index (χ3n) is 4.88. The van der Waals surface area contributed by atoms with Crippen LogP contribution in [-0.4, -0.2) is 4.57 Å². The van der Waals surface area contributed by atoms with Gasteiger partial charge in [0.15, 0.2) is 0 Å². The Morgan fingerprint density at radius 1 is 0.538 bits per heavy atom. The topological polar surface area (TPSA) is 4.93 Å². The SMILES string of the molecule is Ic1cccc2c3ccccc3n(-c3ccc(-c4ccccc4)cc3)c12. The van der Waals surface area contributed by atoms with Gasteiger partial charge in [0.2, 0.25) is 0 Å². The maximum atomic E-state index is 2.44. The van der Waals surface area contributed by atoms with Gasteiger partial charge in [-0.15, -0.1) is 0 Å². The number of aromatic nitrogens is 1. The molecule has 26 heavy (non-hydrogen) atoms. The minimum atomic E-state index is 1.19. The van der Waals surface area contributed by atoms with E-state index in [-0.39, 0.29) is 0 Å². The molecule has 0 unspecified atom stereocenters. The van der Waals surface area contributed by atoms with E-state index >= 15 is 0 Å². The van der Waals surface area contributed by atoms with Gasteiger partial charge in [0.1, 0.15) is 0 Å². The molecule has 0 bridgehead atoms. The van der Waals surface area contributed by atoms with Gasteiger partial charge in [-0.05, 0) is 58.0 Å². The summed E-state index contributed by atoms with van der Waals surface area (Å²) in [6.45, 7) is 0. The Morgan fingerprint density at radius 2 is 1.19 bits per heavy atom. The van der Waals surface area contributed by atoms with Gasteiger partial charge in [0.05, 0.1) is 11.0 Å². The highest BCUT2D eigenvalue weighted by molar-refractivity contribution is 14.1. The number of fused-ring (bicyclic) bond motifs is 3. The first-order valence-corrected chi connectivity index (χ1v) is 9.74. The number of rotatable bonds is 2. The van der Waals surface area contributed by atoms with Crippen LogP contribution in [0, 0.1) is 3.57 Å². The largest absolute Gasteiger partial charge is 0.308 e. The van der Waals surface area contributed by atoms with Crippen LogP contribution in [0.5, 0.6) is 0 Å². The molecule has 0 saturated carbocycles. The van der Waals surface area contributed by atoms with Crippen LogP contribution < -0.4 is 0 Å². The maximum absolute atomic E-state index is 2.44. The molecule has 0 aliphatic heterocycles. The molecule has 0 saturated heterocycles. The van der Waals surface area contributed by atoms with Gasteiger partial charge in [-0.1, -0.05) is 72.8 Å². The molecule has 2 heteroatoms. The van der Waals surface area contributed by atoms with Crippen LogP contribution in [0.3, 0.4) is 0 Å². The molecule has 1 heterocycles. The molecule has 0 spiro atoms. The summed E-state index contributed by atoms with van der Waals surface area (Å²) in [7, 11) is 0. The number of hydrogen-bond acceptors (Lipinski definition) is 0. The van der Waals surface area contributed by atoms with Crippen molar-refractivity contribution in [2.75, 3.05) is 0 Å². The Hall–Kier alpha value is -2.59. The van der Waals surface area contributed by atoms with Gasteiger partial charge in [-0.3, -0.25) is 0 Å². The fourth-order valence-electron chi connectivity index (χ4n) is 3.68. The van der Waals surface area contributed by atoms with E-state index in [1.165, 1.54) is 42.2 Å². The van der Waals surface area contributed by atoms with Crippen LogP contribution in [0.25, 0.3) is 38.6 Å². The molecule has 0 amide bonds. The summed E-state index contributed by atoms with van der Waals surface area (Å²) in [6, 6.07) is 34.6. The van der Waals surface area contributed by atoms with Crippen molar-refractivity contribution in [1.82, 2.24) is 4.57 Å². The van der Waals surface area contributed by atoms with Crippen molar-refractivity contribution in [3.63, 3.8) is 0 Å². The van der Waals surface area contributed by atoms with Crippen LogP contribution in [-0.2, 0) is 0 Å². The Bertz CT molecular complexity index is 1220. The molecule has 4 aromatic carbocycles. The second-order valence-corrected chi connectivity index (χ2v) is 7.56. The standard InChI is InChI=1S/C24H16IN/c25-22-11-6-10-21-20-9-4-5-12-23(20)26(24(21)22)19-15-13-18(14-16-19)17-7-2-1-3-8-17/h1-16H. The molecule has 0 aliphatic rings. The molecule has 0 radical (unpaired) electrons. The highest BCUT2D eigenvalue weighted by Crippen LogP contribution is 2.34. The molecule has 0 fully saturated rings. The van der Waals surface area contributed by atoms with Crippen molar-refractivity contribution in [2.24, 2.45) is 0 Å². The zero-order chi connectivity index (χ0) is 17.5. The average Bonchev–Trinajstić information content (AvgIpc) is 3.05. The van der Waals surface area contributed by atoms with Crippen LogP contribution >= 0.6 is 22.6 Å². The lowest BCUT2D eigenvalue weighted by molar-refractivity contribution is 1.18. The van der Waals surface area contributed by atoms with E-state index in [0.29, 0.717) is 0 Å². The van der Waals surface area contributed by atoms with Gasteiger partial charge in [-0.2, -0.15) is 0 Å². The first-order valence-electron chi connectivity index (χ1n) is 8.66. The van der Waals surface area contributed by atoms with Gasteiger partial charge >= 0.3 is 0 Å². The van der Waals surface area contributed by atoms with Gasteiger partial charge in [-0.25, -0.2) is 0 Å². The van der Waals surface area contributed by atoms with Crippen molar-refractivity contribution in [2.45, 2.75) is 0 Å². The minimum Gasteiger partial charge on any atom is -0.308 e. The van der Waals surface area contributed by atoms with Crippen molar-refractivity contribution < 1.29 is 0 Å². The van der Waals surface area contributed by atoms with E-state index in [4.69, 9.17) is 0 Å². The third-order valence-corrected chi connectivity index (χ3v) is 5.75. The monoisotopic (exact) mass is 445 g/mol. The lowest BCUT2D eigenvalue weighted by Gasteiger charge is -2.10. The molecule has 5 aromatic rings. The normalized spacial score (nSPS) is 11.3. The van der Waals surface area contributed by atoms with Gasteiger partial charge < -0.3 is 4.57 Å². The fourth-order valence-corrected chi connectivity index (χ4v) is 4.42. The van der Waals surface area contributed by atoms with Crippen LogP contribution in [0.4, 0.5) is 0 Å². The summed E-state index contributed by atoms with van der Waals surface area (Å²) in [6.07, 6.45) is 0. The zero-order valence-electron chi connectivity index (χ0n) is 14.1. The molecular weight excluding hydrogens is 429 g/mol. The van der Waals surface area contributed by atoms with Crippen molar-refractivity contribution in [1.29, 1.82) is 0 Å². The molecule has 0 atom stereocenters. The molecule has 1 aromatic heterocycles. The van der Waals surface area contributed by atoms with E-state index in [0.717, 1.165) is 0 Å². The summed E-state index contributed by atoms with van der Waals surface area (Å²) in [5.41, 5.74) is 6.21. The lowest BCUT2D eigenvalue weighted by atomic mass is 10.1. The summed E-state index contributed by atoms with van der Waals surface area (Å²) in [5.74, 6) is 0. The second-order valence-electron chi connectivity index (χ2n) is 6.40. The maximum Gasteiger partial charge on any atom is 0.0674 e. The predicted octanol–water partition coefficient (Wildman–Crippen LogP) is 7.06.